The number of carbonyl (C=O) groups excluding carboxylic acids is 3. The zero-order valence-electron chi connectivity index (χ0n) is 16.0. The van der Waals surface area contributed by atoms with Gasteiger partial charge in [0.1, 0.15) is 0 Å². The predicted molar refractivity (Wildman–Crippen MR) is 101 cm³/mol. The van der Waals surface area contributed by atoms with Crippen molar-refractivity contribution in [2.75, 3.05) is 33.3 Å². The molecule has 2 amide bonds. The van der Waals surface area contributed by atoms with Crippen LogP contribution in [-0.4, -0.2) is 60.9 Å². The first-order chi connectivity index (χ1) is 13.0. The summed E-state index contributed by atoms with van der Waals surface area (Å²) in [6.07, 6.45) is 4.70. The average Bonchev–Trinajstić information content (AvgIpc) is 3.14. The summed E-state index contributed by atoms with van der Waals surface area (Å²) in [5.74, 6) is 0.385. The minimum atomic E-state index is -0.236. The standard InChI is InChI=1S/C21H28N2O4/c1-27-21(26)13-17-7-5-16(6-8-17)12-18-9-11-23(14-18)20(25)15-22-10-3-2-4-19(22)24/h5-8,18H,2-4,9-15H2,1H3. The fourth-order valence-corrected chi connectivity index (χ4v) is 3.88. The van der Waals surface area contributed by atoms with Gasteiger partial charge in [0.2, 0.25) is 11.8 Å². The van der Waals surface area contributed by atoms with Crippen LogP contribution in [0.5, 0.6) is 0 Å². The van der Waals surface area contributed by atoms with Crippen LogP contribution in [0.15, 0.2) is 24.3 Å². The summed E-state index contributed by atoms with van der Waals surface area (Å²) < 4.78 is 4.69. The number of ether oxygens (including phenoxy) is 1. The normalized spacial score (nSPS) is 20.0. The van der Waals surface area contributed by atoms with Crippen molar-refractivity contribution in [3.05, 3.63) is 35.4 Å². The molecule has 0 saturated carbocycles. The lowest BCUT2D eigenvalue weighted by atomic mass is 9.97. The number of benzene rings is 1. The Morgan fingerprint density at radius 3 is 2.56 bits per heavy atom. The monoisotopic (exact) mass is 372 g/mol. The molecular formula is C21H28N2O4. The molecule has 1 aromatic rings. The lowest BCUT2D eigenvalue weighted by Crippen LogP contribution is -2.44. The third-order valence-corrected chi connectivity index (χ3v) is 5.51. The quantitative estimate of drug-likeness (QED) is 0.714. The number of likely N-dealkylation sites (tertiary alicyclic amines) is 2. The van der Waals surface area contributed by atoms with E-state index in [1.165, 1.54) is 12.7 Å². The Morgan fingerprint density at radius 2 is 1.85 bits per heavy atom. The molecular weight excluding hydrogens is 344 g/mol. The van der Waals surface area contributed by atoms with Gasteiger partial charge in [-0.1, -0.05) is 24.3 Å². The van der Waals surface area contributed by atoms with Crippen LogP contribution in [0.2, 0.25) is 0 Å². The molecule has 1 unspecified atom stereocenters. The van der Waals surface area contributed by atoms with E-state index >= 15 is 0 Å². The first-order valence-electron chi connectivity index (χ1n) is 9.75. The zero-order chi connectivity index (χ0) is 19.2. The second-order valence-electron chi connectivity index (χ2n) is 7.54. The number of rotatable bonds is 6. The summed E-state index contributed by atoms with van der Waals surface area (Å²) in [6, 6.07) is 8.03. The van der Waals surface area contributed by atoms with Crippen molar-refractivity contribution in [2.24, 2.45) is 5.92 Å². The third-order valence-electron chi connectivity index (χ3n) is 5.51. The average molecular weight is 372 g/mol. The van der Waals surface area contributed by atoms with Gasteiger partial charge in [0, 0.05) is 26.1 Å². The van der Waals surface area contributed by atoms with Gasteiger partial charge in [-0.3, -0.25) is 14.4 Å². The van der Waals surface area contributed by atoms with Gasteiger partial charge in [-0.05, 0) is 42.7 Å². The van der Waals surface area contributed by atoms with Crippen molar-refractivity contribution < 1.29 is 19.1 Å². The van der Waals surface area contributed by atoms with Crippen molar-refractivity contribution in [3.63, 3.8) is 0 Å². The summed E-state index contributed by atoms with van der Waals surface area (Å²) in [6.45, 7) is 2.46. The Kier molecular flexibility index (Phi) is 6.48. The molecule has 0 aromatic heterocycles. The fraction of sp³-hybridized carbons (Fsp3) is 0.571. The van der Waals surface area contributed by atoms with Crippen LogP contribution < -0.4 is 0 Å². The number of esters is 1. The lowest BCUT2D eigenvalue weighted by molar-refractivity contribution is -0.141. The van der Waals surface area contributed by atoms with Crippen LogP contribution in [0.25, 0.3) is 0 Å². The smallest absolute Gasteiger partial charge is 0.309 e. The molecule has 0 radical (unpaired) electrons. The number of carbonyl (C=O) groups is 3. The van der Waals surface area contributed by atoms with Gasteiger partial charge in [0.25, 0.3) is 0 Å². The van der Waals surface area contributed by atoms with E-state index in [0.29, 0.717) is 18.9 Å². The SMILES string of the molecule is COC(=O)Cc1ccc(CC2CCN(C(=O)CN3CCCCC3=O)C2)cc1. The van der Waals surface area contributed by atoms with E-state index in [-0.39, 0.29) is 30.7 Å². The molecule has 2 saturated heterocycles. The molecule has 1 aromatic carbocycles. The van der Waals surface area contributed by atoms with Crippen LogP contribution in [0.1, 0.15) is 36.8 Å². The maximum absolute atomic E-state index is 12.5. The van der Waals surface area contributed by atoms with Crippen LogP contribution in [0.3, 0.4) is 0 Å². The first kappa shape index (κ1) is 19.4. The minimum Gasteiger partial charge on any atom is -0.469 e. The molecule has 27 heavy (non-hydrogen) atoms. The summed E-state index contributed by atoms with van der Waals surface area (Å²) in [5, 5.41) is 0. The van der Waals surface area contributed by atoms with Gasteiger partial charge < -0.3 is 14.5 Å². The molecule has 2 aliphatic rings. The third kappa shape index (κ3) is 5.31. The molecule has 146 valence electrons. The van der Waals surface area contributed by atoms with Gasteiger partial charge >= 0.3 is 5.97 Å². The second-order valence-corrected chi connectivity index (χ2v) is 7.54. The van der Waals surface area contributed by atoms with Crippen LogP contribution >= 0.6 is 0 Å². The van der Waals surface area contributed by atoms with E-state index in [1.54, 1.807) is 4.90 Å². The van der Waals surface area contributed by atoms with Crippen molar-refractivity contribution in [3.8, 4) is 0 Å². The second kappa shape index (κ2) is 9.02. The van der Waals surface area contributed by atoms with Gasteiger partial charge in [-0.15, -0.1) is 0 Å². The summed E-state index contributed by atoms with van der Waals surface area (Å²) >= 11 is 0. The molecule has 0 N–H and O–H groups in total. The Bertz CT molecular complexity index is 686. The zero-order valence-corrected chi connectivity index (χ0v) is 16.0. The van der Waals surface area contributed by atoms with E-state index in [0.717, 1.165) is 44.3 Å². The predicted octanol–water partition coefficient (Wildman–Crippen LogP) is 1.81. The van der Waals surface area contributed by atoms with E-state index in [4.69, 9.17) is 0 Å². The minimum absolute atomic E-state index is 0.0705. The van der Waals surface area contributed by atoms with Crippen LogP contribution in [0.4, 0.5) is 0 Å². The molecule has 3 rings (SSSR count). The molecule has 0 spiro atoms. The molecule has 0 bridgehead atoms. The molecule has 2 heterocycles. The highest BCUT2D eigenvalue weighted by molar-refractivity contribution is 5.85. The Hall–Kier alpha value is -2.37. The molecule has 6 nitrogen and oxygen atoms in total. The van der Waals surface area contributed by atoms with Gasteiger partial charge in [0.15, 0.2) is 0 Å². The number of piperidine rings is 1. The Labute approximate surface area is 160 Å². The number of nitrogens with zero attached hydrogens (tertiary/aromatic N) is 2. The summed E-state index contributed by atoms with van der Waals surface area (Å²) in [5.41, 5.74) is 2.16. The molecule has 2 aliphatic heterocycles. The first-order valence-corrected chi connectivity index (χ1v) is 9.75. The number of hydrogen-bond donors (Lipinski definition) is 0. The van der Waals surface area contributed by atoms with E-state index in [1.807, 2.05) is 17.0 Å². The molecule has 6 heteroatoms. The Morgan fingerprint density at radius 1 is 1.11 bits per heavy atom. The molecule has 2 fully saturated rings. The molecule has 0 aliphatic carbocycles. The largest absolute Gasteiger partial charge is 0.469 e. The van der Waals surface area contributed by atoms with E-state index in [2.05, 4.69) is 16.9 Å². The van der Waals surface area contributed by atoms with Crippen molar-refractivity contribution in [1.29, 1.82) is 0 Å². The maximum Gasteiger partial charge on any atom is 0.309 e. The number of hydrogen-bond acceptors (Lipinski definition) is 4. The van der Waals surface area contributed by atoms with Crippen LogP contribution in [0, 0.1) is 5.92 Å². The van der Waals surface area contributed by atoms with Crippen molar-refractivity contribution in [2.45, 2.75) is 38.5 Å². The van der Waals surface area contributed by atoms with Gasteiger partial charge in [0.05, 0.1) is 20.1 Å². The number of amides is 2. The van der Waals surface area contributed by atoms with Crippen molar-refractivity contribution in [1.82, 2.24) is 9.80 Å². The lowest BCUT2D eigenvalue weighted by Gasteiger charge is -2.28. The summed E-state index contributed by atoms with van der Waals surface area (Å²) in [4.78, 5) is 39.3. The molecule has 1 atom stereocenters. The van der Waals surface area contributed by atoms with E-state index < -0.39 is 0 Å². The van der Waals surface area contributed by atoms with Gasteiger partial charge in [-0.25, -0.2) is 0 Å². The summed E-state index contributed by atoms with van der Waals surface area (Å²) in [7, 11) is 1.39. The maximum atomic E-state index is 12.5. The van der Waals surface area contributed by atoms with Crippen molar-refractivity contribution >= 4 is 17.8 Å². The Balaban J connectivity index is 1.47. The fourth-order valence-electron chi connectivity index (χ4n) is 3.88. The highest BCUT2D eigenvalue weighted by Crippen LogP contribution is 2.22. The highest BCUT2D eigenvalue weighted by atomic mass is 16.5. The van der Waals surface area contributed by atoms with Gasteiger partial charge in [-0.2, -0.15) is 0 Å². The number of methoxy groups -OCH3 is 1. The van der Waals surface area contributed by atoms with Crippen LogP contribution in [-0.2, 0) is 32.0 Å². The topological polar surface area (TPSA) is 66.9 Å². The van der Waals surface area contributed by atoms with E-state index in [9.17, 15) is 14.4 Å². The highest BCUT2D eigenvalue weighted by Gasteiger charge is 2.29.